The Kier molecular flexibility index (Phi) is 6.23. The van der Waals surface area contributed by atoms with E-state index in [1.54, 1.807) is 11.8 Å². The van der Waals surface area contributed by atoms with Gasteiger partial charge in [-0.25, -0.2) is 0 Å². The van der Waals surface area contributed by atoms with Gasteiger partial charge >= 0.3 is 0 Å². The molecule has 0 radical (unpaired) electrons. The van der Waals surface area contributed by atoms with Crippen LogP contribution in [0.2, 0.25) is 0 Å². The maximum absolute atomic E-state index is 11.1. The highest BCUT2D eigenvalue weighted by Gasteiger charge is 2.08. The van der Waals surface area contributed by atoms with Gasteiger partial charge in [-0.15, -0.1) is 0 Å². The largest absolute Gasteiger partial charge is 0.352 e. The zero-order chi connectivity index (χ0) is 16.7. The molecule has 4 nitrogen and oxygen atoms in total. The van der Waals surface area contributed by atoms with Gasteiger partial charge < -0.3 is 10.6 Å². The van der Waals surface area contributed by atoms with Crippen molar-refractivity contribution in [2.45, 2.75) is 36.7 Å². The molecular formula is C18H20N2O2S. The Morgan fingerprint density at radius 3 is 1.57 bits per heavy atom. The zero-order valence-electron chi connectivity index (χ0n) is 13.3. The Morgan fingerprint density at radius 1 is 0.783 bits per heavy atom. The first kappa shape index (κ1) is 17.1. The summed E-state index contributed by atoms with van der Waals surface area (Å²) in [6.07, 6.45) is 0. The van der Waals surface area contributed by atoms with Crippen LogP contribution in [0.4, 0.5) is 0 Å². The van der Waals surface area contributed by atoms with Gasteiger partial charge in [0.15, 0.2) is 0 Å². The number of hydrogen-bond donors (Lipinski definition) is 2. The summed E-state index contributed by atoms with van der Waals surface area (Å²) in [7, 11) is 0. The van der Waals surface area contributed by atoms with Crippen LogP contribution in [-0.4, -0.2) is 11.8 Å². The monoisotopic (exact) mass is 328 g/mol. The number of carbonyl (C=O) groups excluding carboxylic acids is 2. The summed E-state index contributed by atoms with van der Waals surface area (Å²) in [5.74, 6) is -0.0910. The predicted molar refractivity (Wildman–Crippen MR) is 92.0 cm³/mol. The quantitative estimate of drug-likeness (QED) is 0.856. The Balaban J connectivity index is 2.19. The molecule has 2 amide bonds. The van der Waals surface area contributed by atoms with Crippen molar-refractivity contribution >= 4 is 23.6 Å². The predicted octanol–water partition coefficient (Wildman–Crippen LogP) is 3.11. The fourth-order valence-electron chi connectivity index (χ4n) is 2.06. The van der Waals surface area contributed by atoms with E-state index in [1.165, 1.54) is 13.8 Å². The molecule has 0 aromatic heterocycles. The van der Waals surface area contributed by atoms with Crippen molar-refractivity contribution in [3.8, 4) is 0 Å². The molecule has 2 N–H and O–H groups in total. The summed E-state index contributed by atoms with van der Waals surface area (Å²) in [5.41, 5.74) is 2.14. The Bertz CT molecular complexity index is 641. The van der Waals surface area contributed by atoms with Crippen molar-refractivity contribution in [1.29, 1.82) is 0 Å². The third kappa shape index (κ3) is 5.45. The minimum absolute atomic E-state index is 0.0455. The molecule has 2 aromatic rings. The third-order valence-electron chi connectivity index (χ3n) is 3.22. The first-order valence-corrected chi connectivity index (χ1v) is 8.20. The second-order valence-corrected chi connectivity index (χ2v) is 6.22. The van der Waals surface area contributed by atoms with E-state index in [1.807, 2.05) is 48.5 Å². The number of benzene rings is 2. The second-order valence-electron chi connectivity index (χ2n) is 5.14. The highest BCUT2D eigenvalue weighted by atomic mass is 32.2. The van der Waals surface area contributed by atoms with Crippen LogP contribution in [0.1, 0.15) is 25.0 Å². The Labute approximate surface area is 140 Å². The van der Waals surface area contributed by atoms with E-state index in [4.69, 9.17) is 0 Å². The molecule has 120 valence electrons. The smallest absolute Gasteiger partial charge is 0.217 e. The fourth-order valence-corrected chi connectivity index (χ4v) is 3.13. The summed E-state index contributed by atoms with van der Waals surface area (Å²) in [5, 5.41) is 5.67. The standard InChI is InChI=1S/C18H20N2O2S/c1-13(21)19-11-15-7-3-5-9-17(15)23-18-10-6-4-8-16(18)12-20-14(2)22/h3-10H,11-12H2,1-2H3,(H,19,21)(H,20,22). The van der Waals surface area contributed by atoms with Crippen LogP contribution < -0.4 is 10.6 Å². The fraction of sp³-hybridized carbons (Fsp3) is 0.222. The van der Waals surface area contributed by atoms with E-state index in [2.05, 4.69) is 10.6 Å². The van der Waals surface area contributed by atoms with Crippen molar-refractivity contribution in [2.24, 2.45) is 0 Å². The average Bonchev–Trinajstić information content (AvgIpc) is 2.53. The molecule has 2 aromatic carbocycles. The summed E-state index contributed by atoms with van der Waals surface area (Å²) in [6.45, 7) is 4.04. The lowest BCUT2D eigenvalue weighted by Gasteiger charge is -2.13. The number of carbonyl (C=O) groups is 2. The summed E-state index contributed by atoms with van der Waals surface area (Å²) < 4.78 is 0. The lowest BCUT2D eigenvalue weighted by atomic mass is 10.2. The molecule has 0 fully saturated rings. The van der Waals surface area contributed by atoms with Gasteiger partial charge in [-0.1, -0.05) is 48.2 Å². The van der Waals surface area contributed by atoms with Gasteiger partial charge in [0, 0.05) is 36.7 Å². The van der Waals surface area contributed by atoms with Gasteiger partial charge in [0.25, 0.3) is 0 Å². The third-order valence-corrected chi connectivity index (χ3v) is 4.46. The lowest BCUT2D eigenvalue weighted by molar-refractivity contribution is -0.120. The number of hydrogen-bond acceptors (Lipinski definition) is 3. The molecule has 0 atom stereocenters. The summed E-state index contributed by atoms with van der Waals surface area (Å²) in [4.78, 5) is 24.5. The zero-order valence-corrected chi connectivity index (χ0v) is 14.1. The molecule has 0 aliphatic carbocycles. The number of rotatable bonds is 6. The van der Waals surface area contributed by atoms with E-state index in [0.717, 1.165) is 20.9 Å². The maximum Gasteiger partial charge on any atom is 0.217 e. The first-order valence-electron chi connectivity index (χ1n) is 7.39. The summed E-state index contributed by atoms with van der Waals surface area (Å²) >= 11 is 1.64. The van der Waals surface area contributed by atoms with Crippen LogP contribution in [-0.2, 0) is 22.7 Å². The maximum atomic E-state index is 11.1. The molecular weight excluding hydrogens is 308 g/mol. The van der Waals surface area contributed by atoms with Gasteiger partial charge in [-0.2, -0.15) is 0 Å². The SMILES string of the molecule is CC(=O)NCc1ccccc1Sc1ccccc1CNC(C)=O. The van der Waals surface area contributed by atoms with E-state index in [0.29, 0.717) is 13.1 Å². The van der Waals surface area contributed by atoms with Crippen molar-refractivity contribution < 1.29 is 9.59 Å². The molecule has 0 aliphatic rings. The van der Waals surface area contributed by atoms with Gasteiger partial charge in [0.05, 0.1) is 0 Å². The molecule has 0 spiro atoms. The van der Waals surface area contributed by atoms with Crippen LogP contribution in [0.3, 0.4) is 0 Å². The van der Waals surface area contributed by atoms with E-state index < -0.39 is 0 Å². The van der Waals surface area contributed by atoms with Gasteiger partial charge in [-0.3, -0.25) is 9.59 Å². The minimum Gasteiger partial charge on any atom is -0.352 e. The van der Waals surface area contributed by atoms with Crippen molar-refractivity contribution in [2.75, 3.05) is 0 Å². The molecule has 0 heterocycles. The Morgan fingerprint density at radius 2 is 1.17 bits per heavy atom. The Hall–Kier alpha value is -2.27. The second kappa shape index (κ2) is 8.39. The van der Waals surface area contributed by atoms with Crippen LogP contribution in [0.5, 0.6) is 0 Å². The van der Waals surface area contributed by atoms with E-state index >= 15 is 0 Å². The van der Waals surface area contributed by atoms with Crippen molar-refractivity contribution in [1.82, 2.24) is 10.6 Å². The molecule has 23 heavy (non-hydrogen) atoms. The molecule has 0 saturated heterocycles. The van der Waals surface area contributed by atoms with Crippen molar-refractivity contribution in [3.05, 3.63) is 59.7 Å². The van der Waals surface area contributed by atoms with Crippen LogP contribution in [0.15, 0.2) is 58.3 Å². The van der Waals surface area contributed by atoms with E-state index in [9.17, 15) is 9.59 Å². The van der Waals surface area contributed by atoms with Gasteiger partial charge in [0.1, 0.15) is 0 Å². The molecule has 0 saturated carbocycles. The van der Waals surface area contributed by atoms with E-state index in [-0.39, 0.29) is 11.8 Å². The molecule has 0 bridgehead atoms. The molecule has 0 unspecified atom stereocenters. The topological polar surface area (TPSA) is 58.2 Å². The van der Waals surface area contributed by atoms with Crippen LogP contribution >= 0.6 is 11.8 Å². The average molecular weight is 328 g/mol. The minimum atomic E-state index is -0.0455. The van der Waals surface area contributed by atoms with Crippen LogP contribution in [0.25, 0.3) is 0 Å². The van der Waals surface area contributed by atoms with Gasteiger partial charge in [-0.05, 0) is 23.3 Å². The van der Waals surface area contributed by atoms with Crippen molar-refractivity contribution in [3.63, 3.8) is 0 Å². The molecule has 2 rings (SSSR count). The molecule has 0 aliphatic heterocycles. The highest BCUT2D eigenvalue weighted by Crippen LogP contribution is 2.32. The highest BCUT2D eigenvalue weighted by molar-refractivity contribution is 7.99. The number of nitrogens with one attached hydrogen (secondary N) is 2. The first-order chi connectivity index (χ1) is 11.1. The van der Waals surface area contributed by atoms with Gasteiger partial charge in [0.2, 0.25) is 11.8 Å². The summed E-state index contributed by atoms with van der Waals surface area (Å²) in [6, 6.07) is 16.0. The van der Waals surface area contributed by atoms with Crippen LogP contribution in [0, 0.1) is 0 Å². The molecule has 5 heteroatoms. The number of amides is 2. The lowest BCUT2D eigenvalue weighted by Crippen LogP contribution is -2.19. The normalized spacial score (nSPS) is 10.2.